The van der Waals surface area contributed by atoms with E-state index in [1.54, 1.807) is 72.8 Å². The molecular weight excluding hydrogens is 825 g/mol. The molecule has 8 rings (SSSR count). The largest absolute Gasteiger partial charge is 0.503 e. The van der Waals surface area contributed by atoms with Crippen LogP contribution in [0, 0.1) is 23.7 Å². The number of halogens is 3. The van der Waals surface area contributed by atoms with Gasteiger partial charge in [0.05, 0.1) is 58.3 Å². The van der Waals surface area contributed by atoms with Crippen LogP contribution in [0.15, 0.2) is 95.0 Å². The van der Waals surface area contributed by atoms with E-state index in [9.17, 15) is 19.5 Å². The number of phenols is 1. The molecule has 0 bridgehead atoms. The van der Waals surface area contributed by atoms with Crippen LogP contribution < -0.4 is 19.8 Å². The third kappa shape index (κ3) is 5.63. The molecule has 0 aromatic heterocycles. The molecule has 56 heavy (non-hydrogen) atoms. The van der Waals surface area contributed by atoms with E-state index in [1.165, 1.54) is 32.1 Å². The third-order valence-corrected chi connectivity index (χ3v) is 12.9. The summed E-state index contributed by atoms with van der Waals surface area (Å²) in [5.74, 6) is -5.77. The fourth-order valence-electron chi connectivity index (χ4n) is 9.23. The molecule has 6 atom stereocenters. The number of benzene rings is 4. The lowest BCUT2D eigenvalue weighted by Gasteiger charge is -2.50. The Balaban J connectivity index is 1.33. The van der Waals surface area contributed by atoms with Crippen LogP contribution in [0.25, 0.3) is 0 Å². The summed E-state index contributed by atoms with van der Waals surface area (Å²) >= 11 is 16.2. The van der Waals surface area contributed by atoms with Gasteiger partial charge in [-0.3, -0.25) is 34.3 Å². The van der Waals surface area contributed by atoms with Crippen molar-refractivity contribution in [2.75, 3.05) is 24.5 Å². The summed E-state index contributed by atoms with van der Waals surface area (Å²) in [6.45, 7) is 1.44. The van der Waals surface area contributed by atoms with Crippen LogP contribution in [0.3, 0.4) is 0 Å². The van der Waals surface area contributed by atoms with Crippen LogP contribution >= 0.6 is 39.1 Å². The Morgan fingerprint density at radius 1 is 0.893 bits per heavy atom. The number of carbonyl (C=O) groups is 5. The number of hydrogen-bond donors (Lipinski definition) is 2. The zero-order valence-electron chi connectivity index (χ0n) is 30.2. The van der Waals surface area contributed by atoms with Crippen molar-refractivity contribution in [1.82, 2.24) is 5.01 Å². The summed E-state index contributed by atoms with van der Waals surface area (Å²) in [7, 11) is 2.94. The first kappa shape index (κ1) is 37.7. The molecule has 4 aromatic carbocycles. The number of aromatic hydroxyl groups is 1. The van der Waals surface area contributed by atoms with Crippen molar-refractivity contribution in [2.45, 2.75) is 31.1 Å². The Bertz CT molecular complexity index is 2390. The fourth-order valence-corrected chi connectivity index (χ4v) is 10.1. The fraction of sp³-hybridized carbons (Fsp3) is 0.262. The number of anilines is 2. The molecule has 4 amide bonds. The van der Waals surface area contributed by atoms with Crippen LogP contribution in [0.5, 0.6) is 17.2 Å². The standard InChI is InChI=1S/C42H34BrCl2N3O8/c1-20(49)21-4-9-25(10-5-21)47-38(51)28-14-13-27-29(35(28)40(47)53)19-30-39(52)48(46-33-15-8-24(44)18-32(33)45)41(54)42(30,23-6-11-26(55-2)12-7-23)36(27)22-16-31(43)37(50)34(17-22)56-3/h4-13,15-18,28-30,35-36,46,50H,14,19H2,1-3H3. The second kappa shape index (κ2) is 14.1. The number of carbonyl (C=O) groups excluding carboxylic acids is 5. The number of amides is 4. The van der Waals surface area contributed by atoms with Gasteiger partial charge < -0.3 is 14.6 Å². The van der Waals surface area contributed by atoms with E-state index in [0.717, 1.165) is 5.01 Å². The molecule has 1 saturated carbocycles. The lowest BCUT2D eigenvalue weighted by atomic mass is 9.49. The summed E-state index contributed by atoms with van der Waals surface area (Å²) in [6, 6.07) is 21.3. The molecule has 2 aliphatic heterocycles. The van der Waals surface area contributed by atoms with Gasteiger partial charge in [0, 0.05) is 16.5 Å². The van der Waals surface area contributed by atoms with Gasteiger partial charge in [0.2, 0.25) is 11.8 Å². The number of hydrogen-bond acceptors (Lipinski definition) is 9. The van der Waals surface area contributed by atoms with E-state index in [2.05, 4.69) is 21.4 Å². The summed E-state index contributed by atoms with van der Waals surface area (Å²) in [5, 5.41) is 12.5. The Kier molecular flexibility index (Phi) is 9.50. The highest BCUT2D eigenvalue weighted by Crippen LogP contribution is 2.65. The smallest absolute Gasteiger partial charge is 0.260 e. The predicted molar refractivity (Wildman–Crippen MR) is 212 cm³/mol. The maximum absolute atomic E-state index is 15.5. The van der Waals surface area contributed by atoms with Gasteiger partial charge in [-0.15, -0.1) is 0 Å². The summed E-state index contributed by atoms with van der Waals surface area (Å²) in [5.41, 5.74) is 4.18. The van der Waals surface area contributed by atoms with E-state index < -0.39 is 52.7 Å². The Morgan fingerprint density at radius 3 is 2.25 bits per heavy atom. The van der Waals surface area contributed by atoms with Crippen molar-refractivity contribution in [3.63, 3.8) is 0 Å². The van der Waals surface area contributed by atoms with Crippen LogP contribution in [0.4, 0.5) is 11.4 Å². The van der Waals surface area contributed by atoms with Crippen molar-refractivity contribution < 1.29 is 38.6 Å². The van der Waals surface area contributed by atoms with Crippen LogP contribution in [-0.2, 0) is 24.6 Å². The van der Waals surface area contributed by atoms with Gasteiger partial charge in [0.25, 0.3) is 11.8 Å². The number of allylic oxidation sites excluding steroid dienone is 2. The Labute approximate surface area is 340 Å². The third-order valence-electron chi connectivity index (χ3n) is 11.7. The number of hydrazine groups is 1. The van der Waals surface area contributed by atoms with Gasteiger partial charge in [0.15, 0.2) is 17.3 Å². The maximum atomic E-state index is 15.5. The molecule has 2 heterocycles. The number of imide groups is 2. The van der Waals surface area contributed by atoms with E-state index in [1.807, 2.05) is 6.08 Å². The summed E-state index contributed by atoms with van der Waals surface area (Å²) in [4.78, 5) is 72.5. The van der Waals surface area contributed by atoms with Crippen LogP contribution in [0.2, 0.25) is 10.0 Å². The zero-order valence-corrected chi connectivity index (χ0v) is 33.3. The number of methoxy groups -OCH3 is 2. The second-order valence-corrected chi connectivity index (χ2v) is 16.1. The number of nitrogens with zero attached hydrogens (tertiary/aromatic N) is 2. The normalized spacial score (nSPS) is 25.4. The minimum absolute atomic E-state index is 0.0547. The number of Topliss-reactive ketones (excluding diaryl/α,β-unsaturated/α-hetero) is 1. The van der Waals surface area contributed by atoms with Gasteiger partial charge in [-0.2, -0.15) is 5.01 Å². The minimum Gasteiger partial charge on any atom is -0.503 e. The van der Waals surface area contributed by atoms with Gasteiger partial charge in [-0.1, -0.05) is 47.0 Å². The van der Waals surface area contributed by atoms with Crippen molar-refractivity contribution >= 4 is 79.9 Å². The highest BCUT2D eigenvalue weighted by atomic mass is 79.9. The quantitative estimate of drug-likeness (QED) is 0.103. The first-order valence-electron chi connectivity index (χ1n) is 17.8. The molecule has 11 nitrogen and oxygen atoms in total. The van der Waals surface area contributed by atoms with Gasteiger partial charge in [-0.25, -0.2) is 0 Å². The zero-order chi connectivity index (χ0) is 39.8. The van der Waals surface area contributed by atoms with E-state index >= 15 is 9.59 Å². The van der Waals surface area contributed by atoms with E-state index in [0.29, 0.717) is 38.7 Å². The number of phenolic OH excluding ortho intramolecular Hbond substituents is 1. The predicted octanol–water partition coefficient (Wildman–Crippen LogP) is 7.87. The van der Waals surface area contributed by atoms with Gasteiger partial charge in [-0.05, 0) is 119 Å². The molecule has 4 aliphatic rings. The van der Waals surface area contributed by atoms with E-state index in [4.69, 9.17) is 32.7 Å². The van der Waals surface area contributed by atoms with E-state index in [-0.39, 0.29) is 51.2 Å². The Hall–Kier alpha value is -5.17. The first-order valence-corrected chi connectivity index (χ1v) is 19.4. The molecule has 2 aliphatic carbocycles. The monoisotopic (exact) mass is 857 g/mol. The topological polar surface area (TPSA) is 143 Å². The molecule has 286 valence electrons. The minimum atomic E-state index is -1.61. The highest BCUT2D eigenvalue weighted by Gasteiger charge is 2.70. The van der Waals surface area contributed by atoms with Crippen LogP contribution in [-0.4, -0.2) is 53.7 Å². The maximum Gasteiger partial charge on any atom is 0.260 e. The number of rotatable bonds is 8. The highest BCUT2D eigenvalue weighted by molar-refractivity contribution is 9.10. The summed E-state index contributed by atoms with van der Waals surface area (Å²) < 4.78 is 11.4. The van der Waals surface area contributed by atoms with Crippen molar-refractivity contribution in [3.05, 3.63) is 122 Å². The second-order valence-electron chi connectivity index (χ2n) is 14.4. The number of ketones is 1. The van der Waals surface area contributed by atoms with Crippen molar-refractivity contribution in [1.29, 1.82) is 0 Å². The number of nitrogens with one attached hydrogen (secondary N) is 1. The lowest BCUT2D eigenvalue weighted by molar-refractivity contribution is -0.138. The Morgan fingerprint density at radius 2 is 1.61 bits per heavy atom. The molecule has 2 saturated heterocycles. The van der Waals surface area contributed by atoms with Crippen LogP contribution in [0.1, 0.15) is 47.2 Å². The lowest BCUT2D eigenvalue weighted by Crippen LogP contribution is -2.53. The molecule has 0 radical (unpaired) electrons. The van der Waals surface area contributed by atoms with Gasteiger partial charge >= 0.3 is 0 Å². The average Bonchev–Trinajstić information content (AvgIpc) is 3.57. The molecule has 14 heteroatoms. The number of ether oxygens (including phenoxy) is 2. The summed E-state index contributed by atoms with van der Waals surface area (Å²) in [6.07, 6.45) is 2.19. The van der Waals surface area contributed by atoms with Gasteiger partial charge in [0.1, 0.15) is 5.75 Å². The molecule has 4 aromatic rings. The average molecular weight is 860 g/mol. The van der Waals surface area contributed by atoms with Crippen molar-refractivity contribution in [3.8, 4) is 17.2 Å². The first-order chi connectivity index (χ1) is 26.8. The molecule has 6 unspecified atom stereocenters. The SMILES string of the molecule is COc1ccc(C23C(=O)N(Nc4ccc(Cl)cc4Cl)C(=O)C2CC2C(=CCC4C(=O)N(c5ccc(C(C)=O)cc5)C(=O)C42)C3c2cc(Br)c(O)c(OC)c2)cc1. The molecule has 3 fully saturated rings. The molecular formula is C42H34BrCl2N3O8. The molecule has 2 N–H and O–H groups in total. The number of fused-ring (bicyclic) bond motifs is 4. The molecule has 0 spiro atoms. The van der Waals surface area contributed by atoms with Crippen molar-refractivity contribution in [2.24, 2.45) is 23.7 Å².